The molecule has 1 N–H and O–H groups in total. The van der Waals surface area contributed by atoms with Crippen molar-refractivity contribution in [2.75, 3.05) is 19.0 Å². The number of phenolic OH excluding ortho intramolecular Hbond substituents is 1. The second kappa shape index (κ2) is 6.06. The molecule has 20 heavy (non-hydrogen) atoms. The Morgan fingerprint density at radius 2 is 1.60 bits per heavy atom. The predicted molar refractivity (Wildman–Crippen MR) is 82.2 cm³/mol. The highest BCUT2D eigenvalue weighted by molar-refractivity contribution is 6.06. The summed E-state index contributed by atoms with van der Waals surface area (Å²) in [5.41, 5.74) is 2.65. The summed E-state index contributed by atoms with van der Waals surface area (Å²) < 4.78 is 0. The molecule has 0 heterocycles. The number of ketones is 1. The van der Waals surface area contributed by atoms with Gasteiger partial charge in [-0.25, -0.2) is 0 Å². The van der Waals surface area contributed by atoms with E-state index in [1.54, 1.807) is 18.2 Å². The minimum atomic E-state index is -0.0818. The lowest BCUT2D eigenvalue weighted by atomic mass is 10.1. The Hall–Kier alpha value is -2.55. The zero-order chi connectivity index (χ0) is 14.5. The largest absolute Gasteiger partial charge is 0.508 e. The normalized spacial score (nSPS) is 10.7. The molecule has 0 aromatic heterocycles. The molecule has 0 amide bonds. The van der Waals surface area contributed by atoms with E-state index in [4.69, 9.17) is 0 Å². The molecule has 0 aliphatic heterocycles. The summed E-state index contributed by atoms with van der Waals surface area (Å²) in [6.45, 7) is 0. The van der Waals surface area contributed by atoms with E-state index >= 15 is 0 Å². The average molecular weight is 267 g/mol. The Bertz CT molecular complexity index is 610. The minimum Gasteiger partial charge on any atom is -0.508 e. The van der Waals surface area contributed by atoms with Crippen molar-refractivity contribution in [3.63, 3.8) is 0 Å². The zero-order valence-electron chi connectivity index (χ0n) is 11.6. The third-order valence-electron chi connectivity index (χ3n) is 2.99. The molecule has 0 atom stereocenters. The highest BCUT2D eigenvalue weighted by atomic mass is 16.3. The summed E-state index contributed by atoms with van der Waals surface area (Å²) in [7, 11) is 3.97. The highest BCUT2D eigenvalue weighted by Gasteiger charge is 2.01. The van der Waals surface area contributed by atoms with Crippen LogP contribution in [-0.4, -0.2) is 25.0 Å². The second-order valence-corrected chi connectivity index (χ2v) is 4.73. The van der Waals surface area contributed by atoms with Crippen molar-refractivity contribution in [1.29, 1.82) is 0 Å². The van der Waals surface area contributed by atoms with Crippen LogP contribution in [0.25, 0.3) is 6.08 Å². The molecule has 3 nitrogen and oxygen atoms in total. The molecule has 2 aromatic rings. The molecule has 0 spiro atoms. The summed E-state index contributed by atoms with van der Waals surface area (Å²) in [6.07, 6.45) is 3.33. The molecule has 0 fully saturated rings. The molecule has 0 unspecified atom stereocenters. The summed E-state index contributed by atoms with van der Waals surface area (Å²) >= 11 is 0. The lowest BCUT2D eigenvalue weighted by molar-refractivity contribution is 0.104. The number of rotatable bonds is 4. The van der Waals surface area contributed by atoms with Crippen LogP contribution in [0.3, 0.4) is 0 Å². The number of carbonyl (C=O) groups is 1. The molecule has 2 rings (SSSR count). The van der Waals surface area contributed by atoms with Crippen LogP contribution in [0, 0.1) is 0 Å². The van der Waals surface area contributed by atoms with Crippen LogP contribution in [0.15, 0.2) is 54.6 Å². The van der Waals surface area contributed by atoms with Gasteiger partial charge in [0.15, 0.2) is 5.78 Å². The molecular formula is C17H17NO2. The van der Waals surface area contributed by atoms with E-state index in [1.807, 2.05) is 43.3 Å². The molecule has 0 saturated heterocycles. The number of benzene rings is 2. The van der Waals surface area contributed by atoms with Gasteiger partial charge in [-0.05, 0) is 48.0 Å². The van der Waals surface area contributed by atoms with Crippen molar-refractivity contribution in [3.8, 4) is 5.75 Å². The Morgan fingerprint density at radius 3 is 2.15 bits per heavy atom. The van der Waals surface area contributed by atoms with Crippen molar-refractivity contribution in [3.05, 3.63) is 65.7 Å². The number of anilines is 1. The molecule has 0 radical (unpaired) electrons. The first-order chi connectivity index (χ1) is 9.56. The van der Waals surface area contributed by atoms with Crippen LogP contribution in [0.2, 0.25) is 0 Å². The summed E-state index contributed by atoms with van der Waals surface area (Å²) in [6, 6.07) is 14.2. The van der Waals surface area contributed by atoms with E-state index in [-0.39, 0.29) is 11.5 Å². The first-order valence-electron chi connectivity index (χ1n) is 6.35. The van der Waals surface area contributed by atoms with Crippen LogP contribution in [0.5, 0.6) is 5.75 Å². The highest BCUT2D eigenvalue weighted by Crippen LogP contribution is 2.14. The topological polar surface area (TPSA) is 40.5 Å². The Balaban J connectivity index is 2.08. The number of hydrogen-bond donors (Lipinski definition) is 1. The fourth-order valence-electron chi connectivity index (χ4n) is 1.78. The average Bonchev–Trinajstić information content (AvgIpc) is 2.46. The summed E-state index contributed by atoms with van der Waals surface area (Å²) in [5, 5.41) is 9.18. The second-order valence-electron chi connectivity index (χ2n) is 4.73. The Labute approximate surface area is 118 Å². The summed E-state index contributed by atoms with van der Waals surface area (Å²) in [4.78, 5) is 14.0. The van der Waals surface area contributed by atoms with Gasteiger partial charge in [0.05, 0.1) is 0 Å². The molecule has 0 aliphatic rings. The van der Waals surface area contributed by atoms with E-state index in [0.29, 0.717) is 5.56 Å². The molecule has 102 valence electrons. The Kier molecular flexibility index (Phi) is 4.20. The van der Waals surface area contributed by atoms with E-state index in [2.05, 4.69) is 0 Å². The molecular weight excluding hydrogens is 250 g/mol. The predicted octanol–water partition coefficient (Wildman–Crippen LogP) is 3.35. The van der Waals surface area contributed by atoms with Crippen molar-refractivity contribution in [1.82, 2.24) is 0 Å². The molecule has 0 saturated carbocycles. The number of allylic oxidation sites excluding steroid dienone is 1. The van der Waals surface area contributed by atoms with Gasteiger partial charge >= 0.3 is 0 Å². The fraction of sp³-hybridized carbons (Fsp3) is 0.118. The maximum atomic E-state index is 11.9. The first kappa shape index (κ1) is 13.9. The van der Waals surface area contributed by atoms with Gasteiger partial charge in [-0.2, -0.15) is 0 Å². The van der Waals surface area contributed by atoms with Crippen molar-refractivity contribution in [2.45, 2.75) is 0 Å². The summed E-state index contributed by atoms with van der Waals surface area (Å²) in [5.74, 6) is 0.0755. The van der Waals surface area contributed by atoms with Crippen LogP contribution in [0.1, 0.15) is 15.9 Å². The lowest BCUT2D eigenvalue weighted by Gasteiger charge is -2.11. The van der Waals surface area contributed by atoms with E-state index in [9.17, 15) is 9.90 Å². The maximum Gasteiger partial charge on any atom is 0.185 e. The lowest BCUT2D eigenvalue weighted by Crippen LogP contribution is -2.07. The van der Waals surface area contributed by atoms with Gasteiger partial charge in [-0.1, -0.05) is 18.2 Å². The van der Waals surface area contributed by atoms with Crippen molar-refractivity contribution >= 4 is 17.5 Å². The van der Waals surface area contributed by atoms with E-state index in [0.717, 1.165) is 11.3 Å². The van der Waals surface area contributed by atoms with Crippen molar-refractivity contribution in [2.24, 2.45) is 0 Å². The molecule has 0 bridgehead atoms. The van der Waals surface area contributed by atoms with Gasteiger partial charge in [0.1, 0.15) is 5.75 Å². The molecule has 2 aromatic carbocycles. The monoisotopic (exact) mass is 267 g/mol. The van der Waals surface area contributed by atoms with Gasteiger partial charge in [-0.15, -0.1) is 0 Å². The Morgan fingerprint density at radius 1 is 1.00 bits per heavy atom. The number of carbonyl (C=O) groups excluding carboxylic acids is 1. The molecule has 3 heteroatoms. The number of aromatic hydroxyl groups is 1. The van der Waals surface area contributed by atoms with Gasteiger partial charge in [0.2, 0.25) is 0 Å². The van der Waals surface area contributed by atoms with Gasteiger partial charge < -0.3 is 10.0 Å². The quantitative estimate of drug-likeness (QED) is 0.682. The third kappa shape index (κ3) is 3.48. The van der Waals surface area contributed by atoms with Crippen LogP contribution in [0.4, 0.5) is 5.69 Å². The zero-order valence-corrected chi connectivity index (χ0v) is 11.6. The van der Waals surface area contributed by atoms with Crippen LogP contribution < -0.4 is 4.90 Å². The number of hydrogen-bond acceptors (Lipinski definition) is 3. The van der Waals surface area contributed by atoms with Gasteiger partial charge in [0, 0.05) is 25.3 Å². The molecule has 0 aliphatic carbocycles. The first-order valence-corrected chi connectivity index (χ1v) is 6.35. The number of nitrogens with zero attached hydrogens (tertiary/aromatic N) is 1. The smallest absolute Gasteiger partial charge is 0.185 e. The van der Waals surface area contributed by atoms with E-state index < -0.39 is 0 Å². The van der Waals surface area contributed by atoms with Gasteiger partial charge in [0.25, 0.3) is 0 Å². The maximum absolute atomic E-state index is 11.9. The third-order valence-corrected chi connectivity index (χ3v) is 2.99. The number of phenols is 1. The van der Waals surface area contributed by atoms with Crippen molar-refractivity contribution < 1.29 is 9.90 Å². The van der Waals surface area contributed by atoms with Gasteiger partial charge in [-0.3, -0.25) is 4.79 Å². The van der Waals surface area contributed by atoms with E-state index in [1.165, 1.54) is 18.2 Å². The standard InChI is InChI=1S/C17H17NO2/c1-18(2)15-8-3-13(4-9-15)5-12-17(20)14-6-10-16(19)11-7-14/h3-12,19H,1-2H3/b12-5-. The minimum absolute atomic E-state index is 0.0818. The van der Waals surface area contributed by atoms with Crippen LogP contribution in [-0.2, 0) is 0 Å². The SMILES string of the molecule is CN(C)c1ccc(/C=C\C(=O)c2ccc(O)cc2)cc1. The van der Waals surface area contributed by atoms with Crippen LogP contribution >= 0.6 is 0 Å². The fourth-order valence-corrected chi connectivity index (χ4v) is 1.78.